The third kappa shape index (κ3) is 27.3. The molecule has 2 aromatic rings. The van der Waals surface area contributed by atoms with E-state index in [0.717, 1.165) is 25.1 Å². The minimum Gasteiger partial charge on any atom is -0.495 e. The highest BCUT2D eigenvalue weighted by atomic mass is 35.5. The maximum absolute atomic E-state index is 13.5. The molecule has 1 saturated heterocycles. The number of carbonyl (C=O) groups excluding carboxylic acids is 4. The van der Waals surface area contributed by atoms with E-state index in [-0.39, 0.29) is 76.5 Å². The summed E-state index contributed by atoms with van der Waals surface area (Å²) in [6, 6.07) is 12.5. The summed E-state index contributed by atoms with van der Waals surface area (Å²) < 4.78 is 43.5. The molecule has 2 aromatic carbocycles. The van der Waals surface area contributed by atoms with Crippen LogP contribution in [0.4, 0.5) is 0 Å². The molecule has 3 N–H and O–H groups in total. The van der Waals surface area contributed by atoms with Crippen molar-refractivity contribution in [2.24, 2.45) is 17.8 Å². The third-order valence-corrected chi connectivity index (χ3v) is 11.2. The number of likely N-dealkylation sites (N-methyl/N-ethyl adjacent to an activating group) is 1. The van der Waals surface area contributed by atoms with Gasteiger partial charge in [-0.1, -0.05) is 110 Å². The molecule has 1 heterocycles. The fraction of sp³-hybridized carbons (Fsp3) is 0.611. The number of ether oxygens (including phenoxy) is 8. The number of esters is 2. The Morgan fingerprint density at radius 3 is 2.08 bits per heavy atom. The van der Waals surface area contributed by atoms with Gasteiger partial charge in [0.1, 0.15) is 24.5 Å². The Labute approximate surface area is 433 Å². The predicted molar refractivity (Wildman–Crippen MR) is 278 cm³/mol. The van der Waals surface area contributed by atoms with Crippen molar-refractivity contribution in [1.82, 2.24) is 15.5 Å². The van der Waals surface area contributed by atoms with Gasteiger partial charge in [0.2, 0.25) is 11.8 Å². The summed E-state index contributed by atoms with van der Waals surface area (Å²) in [5.41, 5.74) is 2.98. The largest absolute Gasteiger partial charge is 0.495 e. The van der Waals surface area contributed by atoms with E-state index in [0.29, 0.717) is 69.0 Å². The van der Waals surface area contributed by atoms with Gasteiger partial charge in [-0.3, -0.25) is 24.1 Å². The molecule has 2 unspecified atom stereocenters. The van der Waals surface area contributed by atoms with Gasteiger partial charge < -0.3 is 53.6 Å². The highest BCUT2D eigenvalue weighted by molar-refractivity contribution is 6.32. The Kier molecular flexibility index (Phi) is 34.2. The average Bonchev–Trinajstić information content (AvgIpc) is 4.15. The predicted octanol–water partition coefficient (Wildman–Crippen LogP) is 7.56. The van der Waals surface area contributed by atoms with E-state index in [4.69, 9.17) is 49.5 Å². The number of methoxy groups -OCH3 is 1. The summed E-state index contributed by atoms with van der Waals surface area (Å²) in [6.07, 6.45) is 5.36. The van der Waals surface area contributed by atoms with Crippen LogP contribution in [-0.4, -0.2) is 145 Å². The maximum atomic E-state index is 13.5. The smallest absolute Gasteiger partial charge is 0.345 e. The summed E-state index contributed by atoms with van der Waals surface area (Å²) in [5.74, 6) is -3.45. The number of carbonyl (C=O) groups is 5. The number of aliphatic carboxylic acids is 1. The molecule has 0 bridgehead atoms. The molecular weight excluding hydrogens is 950 g/mol. The molecule has 0 aromatic heterocycles. The summed E-state index contributed by atoms with van der Waals surface area (Å²) >= 11 is 6.34. The van der Waals surface area contributed by atoms with Gasteiger partial charge in [0, 0.05) is 26.1 Å². The summed E-state index contributed by atoms with van der Waals surface area (Å²) in [5, 5.41) is 15.3. The molecule has 0 aliphatic carbocycles. The molecule has 406 valence electrons. The van der Waals surface area contributed by atoms with Crippen molar-refractivity contribution < 1.29 is 67.0 Å². The number of rotatable bonds is 37. The van der Waals surface area contributed by atoms with E-state index in [1.165, 1.54) is 31.7 Å². The number of nitrogens with one attached hydrogen (secondary N) is 2. The minimum absolute atomic E-state index is 0. The van der Waals surface area contributed by atoms with E-state index in [9.17, 15) is 29.1 Å². The second kappa shape index (κ2) is 37.8. The van der Waals surface area contributed by atoms with Crippen molar-refractivity contribution in [3.63, 3.8) is 0 Å². The first-order chi connectivity index (χ1) is 34.1. The van der Waals surface area contributed by atoms with Crippen molar-refractivity contribution in [2.45, 2.75) is 112 Å². The van der Waals surface area contributed by atoms with Crippen LogP contribution in [0.15, 0.2) is 67.3 Å². The lowest BCUT2D eigenvalue weighted by Crippen LogP contribution is -2.49. The Morgan fingerprint density at radius 2 is 1.50 bits per heavy atom. The zero-order valence-corrected chi connectivity index (χ0v) is 43.9. The highest BCUT2D eigenvalue weighted by Gasteiger charge is 2.43. The van der Waals surface area contributed by atoms with Crippen LogP contribution in [0.2, 0.25) is 5.02 Å². The molecule has 6 atom stereocenters. The molecular formula is C54H84ClN3O14. The molecule has 2 amide bonds. The number of hydrogen-bond donors (Lipinski definition) is 3. The van der Waals surface area contributed by atoms with Crippen LogP contribution in [0, 0.1) is 17.8 Å². The maximum Gasteiger partial charge on any atom is 0.345 e. The Balaban J connectivity index is 0.00000853. The van der Waals surface area contributed by atoms with Crippen molar-refractivity contribution in [3.8, 4) is 5.75 Å². The quantitative estimate of drug-likeness (QED) is 0.0196. The van der Waals surface area contributed by atoms with Gasteiger partial charge in [-0.2, -0.15) is 0 Å². The minimum atomic E-state index is -1.29. The summed E-state index contributed by atoms with van der Waals surface area (Å²) in [4.78, 5) is 64.5. The second-order valence-corrected chi connectivity index (χ2v) is 17.8. The third-order valence-electron chi connectivity index (χ3n) is 10.9. The molecule has 17 nitrogen and oxygen atoms in total. The van der Waals surface area contributed by atoms with E-state index in [2.05, 4.69) is 60.3 Å². The number of nitrogens with zero attached hydrogens (tertiary/aromatic N) is 1. The van der Waals surface area contributed by atoms with Crippen LogP contribution >= 0.6 is 11.6 Å². The molecule has 3 rings (SSSR count). The lowest BCUT2D eigenvalue weighted by molar-refractivity contribution is -0.167. The molecule has 0 spiro atoms. The monoisotopic (exact) mass is 1030 g/mol. The first-order valence-corrected chi connectivity index (χ1v) is 25.0. The van der Waals surface area contributed by atoms with Crippen molar-refractivity contribution in [2.75, 3.05) is 86.7 Å². The average molecular weight is 1030 g/mol. The van der Waals surface area contributed by atoms with E-state index >= 15 is 0 Å². The van der Waals surface area contributed by atoms with Gasteiger partial charge in [-0.15, -0.1) is 0 Å². The van der Waals surface area contributed by atoms with Crippen LogP contribution in [0.1, 0.15) is 97.4 Å². The van der Waals surface area contributed by atoms with Gasteiger partial charge >= 0.3 is 17.9 Å². The summed E-state index contributed by atoms with van der Waals surface area (Å²) in [7, 11) is 3.55. The molecule has 1 aliphatic rings. The Bertz CT molecular complexity index is 1920. The normalized spacial score (nSPS) is 15.5. The SMILES string of the molecule is C.C=CCOC(=O)CCOCCOCCOCCOCCN(C)Cc1ccc(C2OC2[C@@H](C)CC/C=C/C(=O)N[C@H](Cc2ccc(OC)c(Cl)c2)C(=O)NC[C@@H](C)C(=O)O[C@@H](CC(C)C)C(=O)O)cc1.CC. The lowest BCUT2D eigenvalue weighted by Gasteiger charge is -2.21. The number of hydrogen-bond acceptors (Lipinski definition) is 14. The Hall–Kier alpha value is -4.88. The lowest BCUT2D eigenvalue weighted by atomic mass is 9.96. The number of benzene rings is 2. The number of carboxylic acids is 1. The van der Waals surface area contributed by atoms with Crippen molar-refractivity contribution in [3.05, 3.63) is 89.0 Å². The van der Waals surface area contributed by atoms with Gasteiger partial charge in [-0.25, -0.2) is 4.79 Å². The number of allylic oxidation sites excluding steroid dienone is 1. The van der Waals surface area contributed by atoms with Crippen molar-refractivity contribution in [1.29, 1.82) is 0 Å². The molecule has 18 heteroatoms. The van der Waals surface area contributed by atoms with E-state index in [1.54, 1.807) is 24.3 Å². The van der Waals surface area contributed by atoms with Crippen LogP contribution in [0.25, 0.3) is 0 Å². The highest BCUT2D eigenvalue weighted by Crippen LogP contribution is 2.44. The van der Waals surface area contributed by atoms with E-state index < -0.39 is 41.8 Å². The Morgan fingerprint density at radius 1 is 0.889 bits per heavy atom. The van der Waals surface area contributed by atoms with Crippen LogP contribution < -0.4 is 15.4 Å². The number of halogens is 1. The number of epoxide rings is 1. The first kappa shape index (κ1) is 65.1. The van der Waals surface area contributed by atoms with Gasteiger partial charge in [0.25, 0.3) is 0 Å². The fourth-order valence-corrected chi connectivity index (χ4v) is 7.23. The second-order valence-electron chi connectivity index (χ2n) is 17.4. The molecule has 0 radical (unpaired) electrons. The van der Waals surface area contributed by atoms with Gasteiger partial charge in [0.05, 0.1) is 83.4 Å². The molecule has 1 fully saturated rings. The standard InChI is InChI=1S/C51H74ClN3O14.C2H6.CH4/c1-8-21-67-46(57)19-22-63-24-26-65-28-29-66-27-25-64-23-20-55(6)34-38-13-16-40(17-14-38)48-47(69-48)36(4)11-9-10-12-45(56)54-42(32-39-15-18-43(62-7)41(52)31-39)49(58)53-33-37(5)51(61)68-44(50(59)60)30-35(2)3;1-2;/h8,10,12-18,31,35-37,42,44,47-48H,1,9,11,19-30,32-34H2,2-7H3,(H,53,58)(H,54,56)(H,59,60);1-2H3;1H4/b12-10+;;/t36-,37+,42+,44-,47?,48?;;/m0../s1. The fourth-order valence-electron chi connectivity index (χ4n) is 6.95. The van der Waals surface area contributed by atoms with Crippen LogP contribution in [0.5, 0.6) is 5.75 Å². The van der Waals surface area contributed by atoms with Crippen molar-refractivity contribution >= 4 is 41.3 Å². The number of amides is 2. The summed E-state index contributed by atoms with van der Waals surface area (Å²) in [6.45, 7) is 20.0. The zero-order valence-electron chi connectivity index (χ0n) is 43.1. The van der Waals surface area contributed by atoms with Crippen LogP contribution in [0.3, 0.4) is 0 Å². The molecule has 1 aliphatic heterocycles. The topological polar surface area (TPSA) is 210 Å². The zero-order chi connectivity index (χ0) is 52.6. The van der Waals surface area contributed by atoms with Gasteiger partial charge in [-0.05, 0) is 73.0 Å². The molecule has 72 heavy (non-hydrogen) atoms. The van der Waals surface area contributed by atoms with Gasteiger partial charge in [0.15, 0.2) is 6.10 Å². The molecule has 0 saturated carbocycles. The number of carboxylic acid groups (broad SMARTS) is 1. The first-order valence-electron chi connectivity index (χ1n) is 24.6. The van der Waals surface area contributed by atoms with E-state index in [1.807, 2.05) is 27.7 Å². The van der Waals surface area contributed by atoms with Crippen LogP contribution in [-0.2, 0) is 70.1 Å².